The van der Waals surface area contributed by atoms with Crippen molar-refractivity contribution in [1.82, 2.24) is 5.32 Å². The van der Waals surface area contributed by atoms with E-state index >= 15 is 0 Å². The van der Waals surface area contributed by atoms with Crippen LogP contribution in [0.1, 0.15) is 36.0 Å². The molecule has 0 saturated heterocycles. The third kappa shape index (κ3) is 3.51. The van der Waals surface area contributed by atoms with Gasteiger partial charge in [-0.3, -0.25) is 4.79 Å². The van der Waals surface area contributed by atoms with Crippen molar-refractivity contribution in [1.29, 1.82) is 0 Å². The maximum atomic E-state index is 12.4. The normalized spacial score (nSPS) is 23.1. The number of hydrogen-bond donors (Lipinski definition) is 2. The number of nitrogens with two attached hydrogens (primary N) is 1. The first-order chi connectivity index (χ1) is 9.26. The number of benzene rings is 1. The maximum absolute atomic E-state index is 12.4. The van der Waals surface area contributed by atoms with Gasteiger partial charge in [0.2, 0.25) is 0 Å². The fraction of sp³-hybridized carbons (Fsp3) is 0.533. The van der Waals surface area contributed by atoms with Gasteiger partial charge in [0.1, 0.15) is 0 Å². The molecule has 0 spiro atoms. The highest BCUT2D eigenvalue weighted by molar-refractivity contribution is 7.98. The molecule has 4 heteroatoms. The number of thioether (sulfide) groups is 1. The summed E-state index contributed by atoms with van der Waals surface area (Å²) in [6, 6.07) is 7.99. The third-order valence-corrected chi connectivity index (χ3v) is 4.68. The van der Waals surface area contributed by atoms with Crippen LogP contribution in [-0.2, 0) is 0 Å². The van der Waals surface area contributed by atoms with E-state index in [1.54, 1.807) is 11.8 Å². The molecule has 0 bridgehead atoms. The number of nitrogens with one attached hydrogen (secondary N) is 1. The molecule has 0 aromatic heterocycles. The van der Waals surface area contributed by atoms with Crippen molar-refractivity contribution in [3.05, 3.63) is 29.8 Å². The van der Waals surface area contributed by atoms with Crippen molar-refractivity contribution in [2.24, 2.45) is 11.7 Å². The molecule has 1 fully saturated rings. The van der Waals surface area contributed by atoms with Crippen LogP contribution in [0.5, 0.6) is 0 Å². The molecule has 1 aromatic carbocycles. The van der Waals surface area contributed by atoms with Gasteiger partial charge in [0.25, 0.3) is 5.91 Å². The Morgan fingerprint density at radius 1 is 1.37 bits per heavy atom. The summed E-state index contributed by atoms with van der Waals surface area (Å²) in [4.78, 5) is 13.4. The second-order valence-electron chi connectivity index (χ2n) is 5.06. The lowest BCUT2D eigenvalue weighted by atomic mass is 9.84. The molecule has 1 amide bonds. The van der Waals surface area contributed by atoms with E-state index in [-0.39, 0.29) is 11.9 Å². The van der Waals surface area contributed by atoms with E-state index in [2.05, 4.69) is 5.32 Å². The lowest BCUT2D eigenvalue weighted by Crippen LogP contribution is -2.44. The van der Waals surface area contributed by atoms with Crippen molar-refractivity contribution in [2.45, 2.75) is 36.6 Å². The Balaban J connectivity index is 2.07. The van der Waals surface area contributed by atoms with E-state index in [9.17, 15) is 4.79 Å². The lowest BCUT2D eigenvalue weighted by molar-refractivity contribution is 0.0905. The molecule has 1 aromatic rings. The molecule has 2 rings (SSSR count). The fourth-order valence-corrected chi connectivity index (χ4v) is 3.35. The summed E-state index contributed by atoms with van der Waals surface area (Å²) in [5, 5.41) is 3.18. The van der Waals surface area contributed by atoms with E-state index < -0.39 is 0 Å². The first-order valence-corrected chi connectivity index (χ1v) is 8.12. The van der Waals surface area contributed by atoms with E-state index in [1.165, 1.54) is 12.8 Å². The number of carbonyl (C=O) groups excluding carboxylic acids is 1. The molecule has 1 aliphatic carbocycles. The van der Waals surface area contributed by atoms with E-state index in [0.717, 1.165) is 23.3 Å². The van der Waals surface area contributed by atoms with E-state index in [1.807, 2.05) is 30.5 Å². The second kappa shape index (κ2) is 6.96. The summed E-state index contributed by atoms with van der Waals surface area (Å²) in [6.45, 7) is 0.662. The molecule has 0 aliphatic heterocycles. The predicted octanol–water partition coefficient (Wildman–Crippen LogP) is 2.66. The molecule has 0 radical (unpaired) electrons. The minimum atomic E-state index is 0.0373. The second-order valence-corrected chi connectivity index (χ2v) is 5.91. The summed E-state index contributed by atoms with van der Waals surface area (Å²) in [6.07, 6.45) is 6.59. The van der Waals surface area contributed by atoms with Gasteiger partial charge in [0, 0.05) is 10.9 Å². The minimum Gasteiger partial charge on any atom is -0.349 e. The highest BCUT2D eigenvalue weighted by Crippen LogP contribution is 2.25. The molecule has 104 valence electrons. The molecule has 1 saturated carbocycles. The molecule has 3 nitrogen and oxygen atoms in total. The standard InChI is InChI=1S/C15H22N2OS/c1-19-14-9-5-3-7-12(14)15(18)17-13-8-4-2-6-11(13)10-16/h3,5,7,9,11,13H,2,4,6,8,10,16H2,1H3,(H,17,18). The Kier molecular flexibility index (Phi) is 5.28. The summed E-state index contributed by atoms with van der Waals surface area (Å²) >= 11 is 1.61. The van der Waals surface area contributed by atoms with E-state index in [4.69, 9.17) is 5.73 Å². The number of hydrogen-bond acceptors (Lipinski definition) is 3. The SMILES string of the molecule is CSc1ccccc1C(=O)NC1CCCCC1CN. The van der Waals surface area contributed by atoms with Crippen molar-refractivity contribution < 1.29 is 4.79 Å². The molecule has 1 aliphatic rings. The Hall–Kier alpha value is -1.00. The van der Waals surface area contributed by atoms with Crippen LogP contribution in [0.3, 0.4) is 0 Å². The van der Waals surface area contributed by atoms with Gasteiger partial charge in [-0.25, -0.2) is 0 Å². The first-order valence-electron chi connectivity index (χ1n) is 6.90. The highest BCUT2D eigenvalue weighted by Gasteiger charge is 2.26. The third-order valence-electron chi connectivity index (χ3n) is 3.88. The average molecular weight is 278 g/mol. The Morgan fingerprint density at radius 2 is 2.11 bits per heavy atom. The molecule has 0 heterocycles. The maximum Gasteiger partial charge on any atom is 0.252 e. The Morgan fingerprint density at radius 3 is 2.84 bits per heavy atom. The first kappa shape index (κ1) is 14.4. The van der Waals surface area contributed by atoms with Crippen molar-refractivity contribution >= 4 is 17.7 Å². The van der Waals surface area contributed by atoms with Crippen LogP contribution in [0.4, 0.5) is 0 Å². The molecule has 19 heavy (non-hydrogen) atoms. The Labute approximate surface area is 119 Å². The average Bonchev–Trinajstić information content (AvgIpc) is 2.47. The Bertz CT molecular complexity index is 436. The van der Waals surface area contributed by atoms with Gasteiger partial charge in [0.05, 0.1) is 5.56 Å². The predicted molar refractivity (Wildman–Crippen MR) is 80.5 cm³/mol. The molecule has 3 N–H and O–H groups in total. The van der Waals surface area contributed by atoms with Gasteiger partial charge in [-0.15, -0.1) is 11.8 Å². The minimum absolute atomic E-state index is 0.0373. The van der Waals surface area contributed by atoms with Crippen molar-refractivity contribution in [3.8, 4) is 0 Å². The fourth-order valence-electron chi connectivity index (χ4n) is 2.76. The van der Waals surface area contributed by atoms with Crippen LogP contribution in [0.2, 0.25) is 0 Å². The monoisotopic (exact) mass is 278 g/mol. The quantitative estimate of drug-likeness (QED) is 0.833. The van der Waals surface area contributed by atoms with Crippen molar-refractivity contribution in [2.75, 3.05) is 12.8 Å². The van der Waals surface area contributed by atoms with Gasteiger partial charge >= 0.3 is 0 Å². The van der Waals surface area contributed by atoms with Crippen LogP contribution in [-0.4, -0.2) is 24.7 Å². The van der Waals surface area contributed by atoms with Crippen LogP contribution >= 0.6 is 11.8 Å². The summed E-state index contributed by atoms with van der Waals surface area (Å²) in [7, 11) is 0. The lowest BCUT2D eigenvalue weighted by Gasteiger charge is -2.31. The summed E-state index contributed by atoms with van der Waals surface area (Å²) < 4.78 is 0. The number of rotatable bonds is 4. The van der Waals surface area contributed by atoms with Crippen LogP contribution in [0.25, 0.3) is 0 Å². The summed E-state index contributed by atoms with van der Waals surface area (Å²) in [5.74, 6) is 0.467. The van der Waals surface area contributed by atoms with Gasteiger partial charge in [0.15, 0.2) is 0 Å². The molecular formula is C15H22N2OS. The zero-order valence-electron chi connectivity index (χ0n) is 11.4. The smallest absolute Gasteiger partial charge is 0.252 e. The van der Waals surface area contributed by atoms with Crippen LogP contribution in [0, 0.1) is 5.92 Å². The van der Waals surface area contributed by atoms with Crippen LogP contribution in [0.15, 0.2) is 29.2 Å². The zero-order valence-corrected chi connectivity index (χ0v) is 12.2. The van der Waals surface area contributed by atoms with Crippen LogP contribution < -0.4 is 11.1 Å². The number of amides is 1. The van der Waals surface area contributed by atoms with Gasteiger partial charge < -0.3 is 11.1 Å². The van der Waals surface area contributed by atoms with Gasteiger partial charge in [-0.05, 0) is 43.7 Å². The molecular weight excluding hydrogens is 256 g/mol. The van der Waals surface area contributed by atoms with Crippen molar-refractivity contribution in [3.63, 3.8) is 0 Å². The van der Waals surface area contributed by atoms with E-state index in [0.29, 0.717) is 12.5 Å². The van der Waals surface area contributed by atoms with Gasteiger partial charge in [-0.2, -0.15) is 0 Å². The van der Waals surface area contributed by atoms with Gasteiger partial charge in [-0.1, -0.05) is 25.0 Å². The number of carbonyl (C=O) groups is 1. The molecule has 2 atom stereocenters. The molecule has 2 unspecified atom stereocenters. The summed E-state index contributed by atoms with van der Waals surface area (Å²) in [5.41, 5.74) is 6.58. The topological polar surface area (TPSA) is 55.1 Å². The largest absolute Gasteiger partial charge is 0.349 e. The highest BCUT2D eigenvalue weighted by atomic mass is 32.2. The zero-order chi connectivity index (χ0) is 13.7.